The van der Waals surface area contributed by atoms with E-state index in [0.29, 0.717) is 18.3 Å². The molecule has 0 radical (unpaired) electrons. The van der Waals surface area contributed by atoms with E-state index in [-0.39, 0.29) is 5.91 Å². The van der Waals surface area contributed by atoms with Crippen molar-refractivity contribution in [2.75, 3.05) is 12.4 Å². The summed E-state index contributed by atoms with van der Waals surface area (Å²) in [5, 5.41) is 6.21. The molecule has 0 spiro atoms. The third kappa shape index (κ3) is 3.75. The quantitative estimate of drug-likeness (QED) is 0.860. The monoisotopic (exact) mass is 297 g/mol. The van der Waals surface area contributed by atoms with Crippen LogP contribution in [0.3, 0.4) is 0 Å². The van der Waals surface area contributed by atoms with Gasteiger partial charge in [-0.2, -0.15) is 0 Å². The molecule has 3 rings (SSSR count). The largest absolute Gasteiger partial charge is 0.497 e. The molecule has 2 aromatic rings. The van der Waals surface area contributed by atoms with Crippen molar-refractivity contribution in [2.24, 2.45) is 0 Å². The standard InChI is InChI=1S/C17H19N3O2/c1-22-15-7-2-12(3-8-15)10-18-14-6-9-16(19-11-14)17(21)20-13-4-5-13/h2-3,6-9,11,13,18H,4-5,10H2,1H3,(H,20,21). The van der Waals surface area contributed by atoms with Crippen molar-refractivity contribution >= 4 is 11.6 Å². The van der Waals surface area contributed by atoms with Gasteiger partial charge in [0.15, 0.2) is 0 Å². The Morgan fingerprint density at radius 1 is 1.23 bits per heavy atom. The highest BCUT2D eigenvalue weighted by Gasteiger charge is 2.24. The summed E-state index contributed by atoms with van der Waals surface area (Å²) in [7, 11) is 1.65. The maximum absolute atomic E-state index is 11.8. The van der Waals surface area contributed by atoms with Gasteiger partial charge in [0, 0.05) is 12.6 Å². The molecule has 5 nitrogen and oxygen atoms in total. The Hall–Kier alpha value is -2.56. The lowest BCUT2D eigenvalue weighted by Crippen LogP contribution is -2.26. The number of aromatic nitrogens is 1. The summed E-state index contributed by atoms with van der Waals surface area (Å²) in [6.07, 6.45) is 3.84. The molecule has 0 saturated heterocycles. The molecular formula is C17H19N3O2. The molecule has 114 valence electrons. The van der Waals surface area contributed by atoms with E-state index in [2.05, 4.69) is 15.6 Å². The topological polar surface area (TPSA) is 63.2 Å². The van der Waals surface area contributed by atoms with Gasteiger partial charge in [0.1, 0.15) is 11.4 Å². The number of nitrogens with one attached hydrogen (secondary N) is 2. The number of benzene rings is 1. The number of ether oxygens (including phenoxy) is 1. The van der Waals surface area contributed by atoms with Crippen LogP contribution in [0.4, 0.5) is 5.69 Å². The predicted molar refractivity (Wildman–Crippen MR) is 85.0 cm³/mol. The van der Waals surface area contributed by atoms with E-state index in [1.807, 2.05) is 30.3 Å². The molecule has 1 saturated carbocycles. The maximum atomic E-state index is 11.8. The van der Waals surface area contributed by atoms with Gasteiger partial charge >= 0.3 is 0 Å². The molecule has 1 aromatic carbocycles. The van der Waals surface area contributed by atoms with Gasteiger partial charge in [-0.15, -0.1) is 0 Å². The Balaban J connectivity index is 1.54. The number of carbonyl (C=O) groups excluding carboxylic acids is 1. The normalized spacial score (nSPS) is 13.5. The summed E-state index contributed by atoms with van der Waals surface area (Å²) in [6.45, 7) is 0.694. The summed E-state index contributed by atoms with van der Waals surface area (Å²) < 4.78 is 5.13. The fourth-order valence-electron chi connectivity index (χ4n) is 2.07. The minimum atomic E-state index is -0.0933. The fraction of sp³-hybridized carbons (Fsp3) is 0.294. The molecule has 1 heterocycles. The van der Waals surface area contributed by atoms with Gasteiger partial charge in [-0.25, -0.2) is 4.98 Å². The van der Waals surface area contributed by atoms with Crippen molar-refractivity contribution in [3.63, 3.8) is 0 Å². The SMILES string of the molecule is COc1ccc(CNc2ccc(C(=O)NC3CC3)nc2)cc1. The lowest BCUT2D eigenvalue weighted by molar-refractivity contribution is 0.0946. The van der Waals surface area contributed by atoms with Crippen LogP contribution in [-0.4, -0.2) is 24.0 Å². The molecule has 22 heavy (non-hydrogen) atoms. The number of nitrogens with zero attached hydrogens (tertiary/aromatic N) is 1. The van der Waals surface area contributed by atoms with Gasteiger partial charge in [0.2, 0.25) is 0 Å². The van der Waals surface area contributed by atoms with Gasteiger partial charge in [0.05, 0.1) is 19.0 Å². The van der Waals surface area contributed by atoms with Crippen LogP contribution in [0.15, 0.2) is 42.6 Å². The van der Waals surface area contributed by atoms with E-state index in [9.17, 15) is 4.79 Å². The molecule has 5 heteroatoms. The minimum Gasteiger partial charge on any atom is -0.497 e. The third-order valence-corrected chi connectivity index (χ3v) is 3.56. The third-order valence-electron chi connectivity index (χ3n) is 3.56. The molecular weight excluding hydrogens is 278 g/mol. The zero-order valence-corrected chi connectivity index (χ0v) is 12.5. The summed E-state index contributed by atoms with van der Waals surface area (Å²) in [6, 6.07) is 11.9. The average Bonchev–Trinajstić information content (AvgIpc) is 3.38. The van der Waals surface area contributed by atoms with Crippen molar-refractivity contribution in [1.82, 2.24) is 10.3 Å². The maximum Gasteiger partial charge on any atom is 0.270 e. The molecule has 0 bridgehead atoms. The summed E-state index contributed by atoms with van der Waals surface area (Å²) in [5.41, 5.74) is 2.50. The van der Waals surface area contributed by atoms with Crippen LogP contribution in [0, 0.1) is 0 Å². The second-order valence-electron chi connectivity index (χ2n) is 5.38. The van der Waals surface area contributed by atoms with Crippen LogP contribution in [-0.2, 0) is 6.54 Å². The highest BCUT2D eigenvalue weighted by molar-refractivity contribution is 5.92. The summed E-state index contributed by atoms with van der Waals surface area (Å²) >= 11 is 0. The lowest BCUT2D eigenvalue weighted by atomic mass is 10.2. The zero-order chi connectivity index (χ0) is 15.4. The number of rotatable bonds is 6. The Labute approximate surface area is 129 Å². The van der Waals surface area contributed by atoms with Crippen LogP contribution in [0.5, 0.6) is 5.75 Å². The van der Waals surface area contributed by atoms with Gasteiger partial charge in [-0.3, -0.25) is 4.79 Å². The van der Waals surface area contributed by atoms with Crippen molar-refractivity contribution in [3.05, 3.63) is 53.9 Å². The van der Waals surface area contributed by atoms with E-state index < -0.39 is 0 Å². The average molecular weight is 297 g/mol. The Kier molecular flexibility index (Phi) is 4.23. The highest BCUT2D eigenvalue weighted by Crippen LogP contribution is 2.19. The zero-order valence-electron chi connectivity index (χ0n) is 12.5. The Morgan fingerprint density at radius 2 is 2.00 bits per heavy atom. The Bertz CT molecular complexity index is 634. The first-order chi connectivity index (χ1) is 10.7. The van der Waals surface area contributed by atoms with Crippen LogP contribution in [0.2, 0.25) is 0 Å². The first-order valence-electron chi connectivity index (χ1n) is 7.38. The molecule has 2 N–H and O–H groups in total. The van der Waals surface area contributed by atoms with E-state index in [4.69, 9.17) is 4.74 Å². The number of anilines is 1. The first kappa shape index (κ1) is 14.4. The van der Waals surface area contributed by atoms with E-state index >= 15 is 0 Å². The molecule has 1 aliphatic carbocycles. The van der Waals surface area contributed by atoms with Crippen molar-refractivity contribution in [2.45, 2.75) is 25.4 Å². The predicted octanol–water partition coefficient (Wildman–Crippen LogP) is 2.59. The minimum absolute atomic E-state index is 0.0933. The Morgan fingerprint density at radius 3 is 2.59 bits per heavy atom. The van der Waals surface area contributed by atoms with Crippen LogP contribution >= 0.6 is 0 Å². The number of pyridine rings is 1. The number of methoxy groups -OCH3 is 1. The van der Waals surface area contributed by atoms with Gasteiger partial charge < -0.3 is 15.4 Å². The first-order valence-corrected chi connectivity index (χ1v) is 7.38. The van der Waals surface area contributed by atoms with Crippen LogP contribution in [0.25, 0.3) is 0 Å². The smallest absolute Gasteiger partial charge is 0.270 e. The van der Waals surface area contributed by atoms with Gasteiger partial charge in [-0.1, -0.05) is 12.1 Å². The molecule has 0 unspecified atom stereocenters. The van der Waals surface area contributed by atoms with Gasteiger partial charge in [0.25, 0.3) is 5.91 Å². The molecule has 1 aliphatic rings. The molecule has 0 atom stereocenters. The second kappa shape index (κ2) is 6.47. The molecule has 0 aliphatic heterocycles. The number of carbonyl (C=O) groups is 1. The van der Waals surface area contributed by atoms with Crippen molar-refractivity contribution < 1.29 is 9.53 Å². The van der Waals surface area contributed by atoms with Crippen molar-refractivity contribution in [1.29, 1.82) is 0 Å². The lowest BCUT2D eigenvalue weighted by Gasteiger charge is -2.08. The molecule has 1 fully saturated rings. The number of hydrogen-bond acceptors (Lipinski definition) is 4. The molecule has 1 aromatic heterocycles. The molecule has 1 amide bonds. The summed E-state index contributed by atoms with van der Waals surface area (Å²) in [4.78, 5) is 16.0. The van der Waals surface area contributed by atoms with Crippen LogP contribution < -0.4 is 15.4 Å². The van der Waals surface area contributed by atoms with E-state index in [1.165, 1.54) is 0 Å². The number of hydrogen-bond donors (Lipinski definition) is 2. The fourth-order valence-corrected chi connectivity index (χ4v) is 2.07. The van der Waals surface area contributed by atoms with E-state index in [1.54, 1.807) is 19.4 Å². The van der Waals surface area contributed by atoms with E-state index in [0.717, 1.165) is 29.8 Å². The number of amides is 1. The van der Waals surface area contributed by atoms with Gasteiger partial charge in [-0.05, 0) is 42.7 Å². The second-order valence-corrected chi connectivity index (χ2v) is 5.38. The van der Waals surface area contributed by atoms with Crippen LogP contribution in [0.1, 0.15) is 28.9 Å². The van der Waals surface area contributed by atoms with Crippen molar-refractivity contribution in [3.8, 4) is 5.75 Å². The summed E-state index contributed by atoms with van der Waals surface area (Å²) in [5.74, 6) is 0.751. The highest BCUT2D eigenvalue weighted by atomic mass is 16.5.